The molecule has 0 aliphatic heterocycles. The van der Waals surface area contributed by atoms with E-state index in [2.05, 4.69) is 18.7 Å². The molecular formula is C11H12OS. The van der Waals surface area contributed by atoms with Gasteiger partial charge in [-0.2, -0.15) is 0 Å². The van der Waals surface area contributed by atoms with Crippen LogP contribution in [0.2, 0.25) is 0 Å². The van der Waals surface area contributed by atoms with Crippen LogP contribution in [0, 0.1) is 0 Å². The number of rotatable bonds is 1. The topological polar surface area (TPSA) is 17.1 Å². The molecule has 1 aliphatic carbocycles. The van der Waals surface area contributed by atoms with E-state index in [0.717, 1.165) is 18.4 Å². The Morgan fingerprint density at radius 1 is 1.15 bits per heavy atom. The third kappa shape index (κ3) is 1.78. The third-order valence-corrected chi connectivity index (χ3v) is 2.85. The summed E-state index contributed by atoms with van der Waals surface area (Å²) in [6, 6.07) is 5.93. The van der Waals surface area contributed by atoms with Crippen LogP contribution in [0.4, 0.5) is 0 Å². The van der Waals surface area contributed by atoms with Crippen LogP contribution < -0.4 is 0 Å². The van der Waals surface area contributed by atoms with Crippen LogP contribution in [0.3, 0.4) is 0 Å². The van der Waals surface area contributed by atoms with E-state index in [1.54, 1.807) is 0 Å². The third-order valence-electron chi connectivity index (χ3n) is 2.60. The molecule has 0 atom stereocenters. The van der Waals surface area contributed by atoms with Crippen LogP contribution >= 0.6 is 12.6 Å². The van der Waals surface area contributed by atoms with E-state index in [-0.39, 0.29) is 5.12 Å². The molecule has 0 unspecified atom stereocenters. The summed E-state index contributed by atoms with van der Waals surface area (Å²) in [6.07, 6.45) is 4.80. The predicted molar refractivity (Wildman–Crippen MR) is 56.4 cm³/mol. The summed E-state index contributed by atoms with van der Waals surface area (Å²) >= 11 is 3.82. The first-order valence-electron chi connectivity index (χ1n) is 4.62. The van der Waals surface area contributed by atoms with Crippen LogP contribution in [0.5, 0.6) is 0 Å². The fourth-order valence-electron chi connectivity index (χ4n) is 1.87. The molecule has 68 valence electrons. The minimum Gasteiger partial charge on any atom is -0.282 e. The maximum Gasteiger partial charge on any atom is 0.216 e. The van der Waals surface area contributed by atoms with E-state index in [4.69, 9.17) is 0 Å². The molecule has 0 spiro atoms. The van der Waals surface area contributed by atoms with Gasteiger partial charge in [0.25, 0.3) is 0 Å². The number of hydrogen-bond donors (Lipinski definition) is 1. The first-order chi connectivity index (χ1) is 6.27. The number of aryl methyl sites for hydroxylation is 2. The van der Waals surface area contributed by atoms with Gasteiger partial charge in [-0.1, -0.05) is 12.1 Å². The fraction of sp³-hybridized carbons (Fsp3) is 0.364. The van der Waals surface area contributed by atoms with E-state index in [1.807, 2.05) is 12.1 Å². The second kappa shape index (κ2) is 3.54. The lowest BCUT2D eigenvalue weighted by molar-refractivity contribution is 0.109. The largest absolute Gasteiger partial charge is 0.282 e. The number of benzene rings is 1. The Morgan fingerprint density at radius 3 is 2.54 bits per heavy atom. The van der Waals surface area contributed by atoms with Crippen molar-refractivity contribution in [3.8, 4) is 0 Å². The maximum absolute atomic E-state index is 11.0. The summed E-state index contributed by atoms with van der Waals surface area (Å²) in [5.74, 6) is 0. The molecule has 0 aromatic heterocycles. The van der Waals surface area contributed by atoms with Gasteiger partial charge in [-0.3, -0.25) is 4.79 Å². The molecule has 0 saturated heterocycles. The van der Waals surface area contributed by atoms with Gasteiger partial charge in [0.15, 0.2) is 0 Å². The van der Waals surface area contributed by atoms with Gasteiger partial charge in [0.2, 0.25) is 5.12 Å². The number of hydrogen-bond acceptors (Lipinski definition) is 1. The normalized spacial score (nSPS) is 15.2. The molecule has 0 heterocycles. The minimum absolute atomic E-state index is 0.131. The lowest BCUT2D eigenvalue weighted by atomic mass is 9.90. The summed E-state index contributed by atoms with van der Waals surface area (Å²) in [4.78, 5) is 11.0. The standard InChI is InChI=1S/C11H12OS/c12-11(13)10-6-5-8-3-1-2-4-9(8)7-10/h5-7H,1-4H2,(H,12,13). The van der Waals surface area contributed by atoms with Crippen molar-refractivity contribution < 1.29 is 4.79 Å². The molecule has 0 radical (unpaired) electrons. The molecule has 1 aliphatic rings. The van der Waals surface area contributed by atoms with Gasteiger partial charge in [0.05, 0.1) is 0 Å². The zero-order valence-electron chi connectivity index (χ0n) is 7.42. The van der Waals surface area contributed by atoms with Gasteiger partial charge in [0, 0.05) is 5.56 Å². The minimum atomic E-state index is -0.131. The summed E-state index contributed by atoms with van der Waals surface area (Å²) in [7, 11) is 0. The van der Waals surface area contributed by atoms with Crippen LogP contribution in [0.1, 0.15) is 34.3 Å². The zero-order valence-corrected chi connectivity index (χ0v) is 8.31. The van der Waals surface area contributed by atoms with Gasteiger partial charge >= 0.3 is 0 Å². The smallest absolute Gasteiger partial charge is 0.216 e. The van der Waals surface area contributed by atoms with E-state index in [9.17, 15) is 4.79 Å². The van der Waals surface area contributed by atoms with Crippen molar-refractivity contribution in [2.75, 3.05) is 0 Å². The molecule has 0 bridgehead atoms. The summed E-state index contributed by atoms with van der Waals surface area (Å²) in [5, 5.41) is -0.131. The highest BCUT2D eigenvalue weighted by Crippen LogP contribution is 2.22. The Labute approximate surface area is 83.6 Å². The molecule has 2 rings (SSSR count). The number of thiol groups is 1. The second-order valence-corrected chi connectivity index (χ2v) is 3.90. The Kier molecular flexibility index (Phi) is 2.40. The highest BCUT2D eigenvalue weighted by atomic mass is 32.1. The average Bonchev–Trinajstić information content (AvgIpc) is 2.17. The van der Waals surface area contributed by atoms with Gasteiger partial charge in [-0.25, -0.2) is 0 Å². The fourth-order valence-corrected chi connectivity index (χ4v) is 2.01. The molecule has 1 aromatic carbocycles. The number of carbonyl (C=O) groups is 1. The van der Waals surface area contributed by atoms with Crippen molar-refractivity contribution in [1.29, 1.82) is 0 Å². The highest BCUT2D eigenvalue weighted by molar-refractivity contribution is 7.97. The number of fused-ring (bicyclic) bond motifs is 1. The summed E-state index contributed by atoms with van der Waals surface area (Å²) < 4.78 is 0. The molecule has 2 heteroatoms. The van der Waals surface area contributed by atoms with Crippen LogP contribution in [0.15, 0.2) is 18.2 Å². The SMILES string of the molecule is O=C(S)c1ccc2c(c1)CCCC2. The highest BCUT2D eigenvalue weighted by Gasteiger charge is 2.10. The van der Waals surface area contributed by atoms with Crippen LogP contribution in [0.25, 0.3) is 0 Å². The van der Waals surface area contributed by atoms with Gasteiger partial charge < -0.3 is 0 Å². The Morgan fingerprint density at radius 2 is 1.85 bits per heavy atom. The van der Waals surface area contributed by atoms with Crippen molar-refractivity contribution in [2.45, 2.75) is 25.7 Å². The van der Waals surface area contributed by atoms with Crippen molar-refractivity contribution in [1.82, 2.24) is 0 Å². The first kappa shape index (κ1) is 8.82. The van der Waals surface area contributed by atoms with E-state index in [1.165, 1.54) is 24.0 Å². The van der Waals surface area contributed by atoms with Gasteiger partial charge in [-0.15, -0.1) is 12.6 Å². The van der Waals surface area contributed by atoms with Crippen LogP contribution in [-0.2, 0) is 12.8 Å². The van der Waals surface area contributed by atoms with Crippen LogP contribution in [-0.4, -0.2) is 5.12 Å². The van der Waals surface area contributed by atoms with E-state index in [0.29, 0.717) is 0 Å². The Balaban J connectivity index is 2.40. The first-order valence-corrected chi connectivity index (χ1v) is 5.07. The molecule has 0 fully saturated rings. The van der Waals surface area contributed by atoms with Crippen molar-refractivity contribution in [3.63, 3.8) is 0 Å². The average molecular weight is 192 g/mol. The lowest BCUT2D eigenvalue weighted by Crippen LogP contribution is -2.03. The molecule has 1 nitrogen and oxygen atoms in total. The summed E-state index contributed by atoms with van der Waals surface area (Å²) in [5.41, 5.74) is 3.47. The second-order valence-electron chi connectivity index (χ2n) is 3.50. The Hall–Kier alpha value is -0.760. The van der Waals surface area contributed by atoms with Crippen molar-refractivity contribution in [3.05, 3.63) is 34.9 Å². The molecule has 0 amide bonds. The molecule has 0 N–H and O–H groups in total. The van der Waals surface area contributed by atoms with Gasteiger partial charge in [-0.05, 0) is 42.9 Å². The van der Waals surface area contributed by atoms with Gasteiger partial charge in [0.1, 0.15) is 0 Å². The van der Waals surface area contributed by atoms with Crippen molar-refractivity contribution >= 4 is 17.7 Å². The Bertz CT molecular complexity index is 344. The summed E-state index contributed by atoms with van der Waals surface area (Å²) in [6.45, 7) is 0. The molecule has 1 aromatic rings. The monoisotopic (exact) mass is 192 g/mol. The molecule has 13 heavy (non-hydrogen) atoms. The van der Waals surface area contributed by atoms with E-state index < -0.39 is 0 Å². The predicted octanol–water partition coefficient (Wildman–Crippen LogP) is 2.64. The molecular weight excluding hydrogens is 180 g/mol. The number of carbonyl (C=O) groups excluding carboxylic acids is 1. The zero-order chi connectivity index (χ0) is 9.26. The lowest BCUT2D eigenvalue weighted by Gasteiger charge is -2.15. The maximum atomic E-state index is 11.0. The quantitative estimate of drug-likeness (QED) is 0.677. The van der Waals surface area contributed by atoms with E-state index >= 15 is 0 Å². The molecule has 0 saturated carbocycles. The van der Waals surface area contributed by atoms with Crippen molar-refractivity contribution in [2.24, 2.45) is 0 Å².